The number of aromatic nitrogens is 3. The molecule has 0 aromatic carbocycles. The van der Waals surface area contributed by atoms with Gasteiger partial charge in [-0.25, -0.2) is 4.98 Å². The first-order valence-corrected chi connectivity index (χ1v) is 8.22. The molecule has 22 heavy (non-hydrogen) atoms. The molecule has 1 aliphatic heterocycles. The van der Waals surface area contributed by atoms with Gasteiger partial charge in [0.25, 0.3) is 0 Å². The summed E-state index contributed by atoms with van der Waals surface area (Å²) < 4.78 is 2.36. The lowest BCUT2D eigenvalue weighted by molar-refractivity contribution is 0.422. The molecular formula is C18H26N4. The smallest absolute Gasteiger partial charge is 0.113 e. The van der Waals surface area contributed by atoms with Crippen molar-refractivity contribution in [3.63, 3.8) is 0 Å². The molecule has 0 saturated heterocycles. The Morgan fingerprint density at radius 3 is 2.91 bits per heavy atom. The summed E-state index contributed by atoms with van der Waals surface area (Å²) in [7, 11) is 0. The van der Waals surface area contributed by atoms with Gasteiger partial charge in [-0.15, -0.1) is 0 Å². The molecule has 1 atom stereocenters. The third-order valence-electron chi connectivity index (χ3n) is 4.32. The van der Waals surface area contributed by atoms with E-state index in [2.05, 4.69) is 47.9 Å². The highest BCUT2D eigenvalue weighted by Crippen LogP contribution is 2.30. The van der Waals surface area contributed by atoms with Crippen molar-refractivity contribution in [2.24, 2.45) is 0 Å². The molecule has 3 rings (SSSR count). The van der Waals surface area contributed by atoms with Crippen LogP contribution in [0.4, 0.5) is 0 Å². The first kappa shape index (κ1) is 15.2. The maximum Gasteiger partial charge on any atom is 0.113 e. The Hall–Kier alpha value is -1.68. The van der Waals surface area contributed by atoms with Crippen molar-refractivity contribution in [2.75, 3.05) is 6.54 Å². The van der Waals surface area contributed by atoms with Crippen LogP contribution in [0.3, 0.4) is 0 Å². The molecule has 1 N–H and O–H groups in total. The normalized spacial score (nSPS) is 18.2. The minimum Gasteiger partial charge on any atom is -0.334 e. The average Bonchev–Trinajstić information content (AvgIpc) is 2.93. The zero-order chi connectivity index (χ0) is 15.6. The third kappa shape index (κ3) is 3.38. The Morgan fingerprint density at radius 1 is 1.32 bits per heavy atom. The molecule has 0 aliphatic carbocycles. The molecule has 0 fully saturated rings. The fourth-order valence-electron chi connectivity index (χ4n) is 3.00. The zero-order valence-corrected chi connectivity index (χ0v) is 13.8. The molecule has 118 valence electrons. The quantitative estimate of drug-likeness (QED) is 0.942. The van der Waals surface area contributed by atoms with Crippen LogP contribution in [0.2, 0.25) is 0 Å². The molecule has 0 bridgehead atoms. The van der Waals surface area contributed by atoms with Gasteiger partial charge in [-0.2, -0.15) is 0 Å². The Kier molecular flexibility index (Phi) is 4.30. The van der Waals surface area contributed by atoms with E-state index in [1.807, 2.05) is 18.3 Å². The molecule has 0 spiro atoms. The van der Waals surface area contributed by atoms with Gasteiger partial charge in [-0.1, -0.05) is 26.8 Å². The summed E-state index contributed by atoms with van der Waals surface area (Å²) in [5.74, 6) is 1.76. The number of pyridine rings is 1. The SMILES string of the molecule is CC(C)(C)c1cn2c(n1)[C@@H](CNCc1ccccn1)CCC2. The molecule has 1 aliphatic rings. The van der Waals surface area contributed by atoms with E-state index in [9.17, 15) is 0 Å². The summed E-state index contributed by atoms with van der Waals surface area (Å²) in [4.78, 5) is 9.30. The number of rotatable bonds is 4. The number of aryl methyl sites for hydroxylation is 1. The van der Waals surface area contributed by atoms with Crippen LogP contribution in [0, 0.1) is 0 Å². The molecule has 4 heteroatoms. The predicted molar refractivity (Wildman–Crippen MR) is 88.8 cm³/mol. The second-order valence-corrected chi connectivity index (χ2v) is 7.22. The van der Waals surface area contributed by atoms with E-state index >= 15 is 0 Å². The van der Waals surface area contributed by atoms with E-state index in [-0.39, 0.29) is 5.41 Å². The van der Waals surface area contributed by atoms with Gasteiger partial charge < -0.3 is 9.88 Å². The molecule has 0 radical (unpaired) electrons. The molecule has 0 unspecified atom stereocenters. The lowest BCUT2D eigenvalue weighted by Crippen LogP contribution is -2.26. The summed E-state index contributed by atoms with van der Waals surface area (Å²) in [5.41, 5.74) is 2.42. The van der Waals surface area contributed by atoms with Crippen LogP contribution in [0.15, 0.2) is 30.6 Å². The number of imidazole rings is 1. The Labute approximate surface area is 133 Å². The topological polar surface area (TPSA) is 42.7 Å². The van der Waals surface area contributed by atoms with Crippen molar-refractivity contribution >= 4 is 0 Å². The highest BCUT2D eigenvalue weighted by Gasteiger charge is 2.26. The van der Waals surface area contributed by atoms with Crippen molar-refractivity contribution in [1.82, 2.24) is 19.9 Å². The van der Waals surface area contributed by atoms with Crippen molar-refractivity contribution in [3.05, 3.63) is 47.8 Å². The Balaban J connectivity index is 1.65. The van der Waals surface area contributed by atoms with Crippen LogP contribution >= 0.6 is 0 Å². The van der Waals surface area contributed by atoms with Crippen molar-refractivity contribution in [2.45, 2.75) is 58.0 Å². The third-order valence-corrected chi connectivity index (χ3v) is 4.32. The van der Waals surface area contributed by atoms with Crippen molar-refractivity contribution < 1.29 is 0 Å². The van der Waals surface area contributed by atoms with Crippen LogP contribution in [-0.2, 0) is 18.5 Å². The Morgan fingerprint density at radius 2 is 2.18 bits per heavy atom. The molecule has 2 aromatic rings. The van der Waals surface area contributed by atoms with Gasteiger partial charge in [0.05, 0.1) is 11.4 Å². The number of nitrogens with zero attached hydrogens (tertiary/aromatic N) is 3. The number of hydrogen-bond acceptors (Lipinski definition) is 3. The molecule has 0 saturated carbocycles. The van der Waals surface area contributed by atoms with Crippen LogP contribution in [0.5, 0.6) is 0 Å². The molecule has 3 heterocycles. The summed E-state index contributed by atoms with van der Waals surface area (Å²) in [6, 6.07) is 6.05. The highest BCUT2D eigenvalue weighted by molar-refractivity contribution is 5.17. The first-order chi connectivity index (χ1) is 10.5. The fraction of sp³-hybridized carbons (Fsp3) is 0.556. The van der Waals surface area contributed by atoms with E-state index in [1.165, 1.54) is 24.4 Å². The van der Waals surface area contributed by atoms with Gasteiger partial charge in [-0.3, -0.25) is 4.98 Å². The predicted octanol–water partition coefficient (Wildman–Crippen LogP) is 3.24. The molecular weight excluding hydrogens is 272 g/mol. The first-order valence-electron chi connectivity index (χ1n) is 8.22. The van der Waals surface area contributed by atoms with E-state index < -0.39 is 0 Å². The highest BCUT2D eigenvalue weighted by atomic mass is 15.1. The van der Waals surface area contributed by atoms with Crippen molar-refractivity contribution in [3.8, 4) is 0 Å². The van der Waals surface area contributed by atoms with E-state index in [0.717, 1.165) is 25.3 Å². The molecule has 4 nitrogen and oxygen atoms in total. The van der Waals surface area contributed by atoms with Gasteiger partial charge in [0.2, 0.25) is 0 Å². The standard InChI is InChI=1S/C18H26N4/c1-18(2,3)16-13-22-10-6-7-14(17(22)21-16)11-19-12-15-8-4-5-9-20-15/h4-5,8-9,13-14,19H,6-7,10-12H2,1-3H3/t14-/m1/s1. The monoisotopic (exact) mass is 298 g/mol. The maximum atomic E-state index is 4.94. The number of nitrogens with one attached hydrogen (secondary N) is 1. The average molecular weight is 298 g/mol. The van der Waals surface area contributed by atoms with E-state index in [1.54, 1.807) is 0 Å². The maximum absolute atomic E-state index is 4.94. The van der Waals surface area contributed by atoms with Gasteiger partial charge in [-0.05, 0) is 25.0 Å². The minimum atomic E-state index is 0.121. The van der Waals surface area contributed by atoms with Gasteiger partial charge >= 0.3 is 0 Å². The van der Waals surface area contributed by atoms with Crippen LogP contribution in [-0.4, -0.2) is 21.1 Å². The number of fused-ring (bicyclic) bond motifs is 1. The van der Waals surface area contributed by atoms with Crippen LogP contribution in [0.25, 0.3) is 0 Å². The summed E-state index contributed by atoms with van der Waals surface area (Å²) >= 11 is 0. The molecule has 2 aromatic heterocycles. The number of hydrogen-bond donors (Lipinski definition) is 1. The molecule has 0 amide bonds. The van der Waals surface area contributed by atoms with Crippen LogP contribution in [0.1, 0.15) is 56.7 Å². The Bertz CT molecular complexity index is 610. The van der Waals surface area contributed by atoms with Crippen LogP contribution < -0.4 is 5.32 Å². The van der Waals surface area contributed by atoms with Gasteiger partial charge in [0.1, 0.15) is 5.82 Å². The van der Waals surface area contributed by atoms with Gasteiger partial charge in [0, 0.05) is 43.4 Å². The van der Waals surface area contributed by atoms with E-state index in [4.69, 9.17) is 4.98 Å². The second kappa shape index (κ2) is 6.21. The zero-order valence-electron chi connectivity index (χ0n) is 13.8. The van der Waals surface area contributed by atoms with E-state index in [0.29, 0.717) is 5.92 Å². The summed E-state index contributed by atoms with van der Waals surface area (Å²) in [6.07, 6.45) is 6.55. The van der Waals surface area contributed by atoms with Gasteiger partial charge in [0.15, 0.2) is 0 Å². The lowest BCUT2D eigenvalue weighted by atomic mass is 9.93. The second-order valence-electron chi connectivity index (χ2n) is 7.22. The minimum absolute atomic E-state index is 0.121. The largest absolute Gasteiger partial charge is 0.334 e. The fourth-order valence-corrected chi connectivity index (χ4v) is 3.00. The summed E-state index contributed by atoms with van der Waals surface area (Å²) in [5, 5.41) is 3.54. The lowest BCUT2D eigenvalue weighted by Gasteiger charge is -2.23. The van der Waals surface area contributed by atoms with Crippen molar-refractivity contribution in [1.29, 1.82) is 0 Å². The summed E-state index contributed by atoms with van der Waals surface area (Å²) in [6.45, 7) is 9.59.